The first-order valence-corrected chi connectivity index (χ1v) is 6.96. The molecule has 1 saturated heterocycles. The second-order valence-corrected chi connectivity index (χ2v) is 8.08. The molecule has 1 heteroatoms. The van der Waals surface area contributed by atoms with Gasteiger partial charge in [0.05, 0.1) is 0 Å². The highest BCUT2D eigenvalue weighted by molar-refractivity contribution is 5.01. The summed E-state index contributed by atoms with van der Waals surface area (Å²) in [5.74, 6) is 0.847. The zero-order chi connectivity index (χ0) is 12.0. The molecule has 1 unspecified atom stereocenters. The van der Waals surface area contributed by atoms with Gasteiger partial charge in [-0.05, 0) is 60.9 Å². The topological polar surface area (TPSA) is 12.0 Å². The van der Waals surface area contributed by atoms with Crippen molar-refractivity contribution < 1.29 is 0 Å². The van der Waals surface area contributed by atoms with E-state index in [0.29, 0.717) is 16.2 Å². The maximum Gasteiger partial charge on any atom is -0.00178 e. The van der Waals surface area contributed by atoms with Crippen LogP contribution in [0.3, 0.4) is 0 Å². The fourth-order valence-corrected chi connectivity index (χ4v) is 5.03. The lowest BCUT2D eigenvalue weighted by molar-refractivity contribution is -0.0515. The predicted molar refractivity (Wildman–Crippen MR) is 70.5 cm³/mol. The van der Waals surface area contributed by atoms with Crippen LogP contribution in [0, 0.1) is 22.2 Å². The van der Waals surface area contributed by atoms with E-state index in [-0.39, 0.29) is 0 Å². The molecule has 1 saturated carbocycles. The molecule has 1 aliphatic heterocycles. The van der Waals surface area contributed by atoms with E-state index in [9.17, 15) is 0 Å². The first-order valence-electron chi connectivity index (χ1n) is 6.96. The standard InChI is InChI=1S/C15H29N/c1-12-8-16-7-6-15(12)10-13(2,3)9-14(4,5)11-15/h12,16H,6-11H2,1-5H3. The van der Waals surface area contributed by atoms with Crippen LogP contribution in [-0.4, -0.2) is 13.1 Å². The molecule has 0 aromatic rings. The van der Waals surface area contributed by atoms with Crippen LogP contribution in [0.4, 0.5) is 0 Å². The van der Waals surface area contributed by atoms with E-state index >= 15 is 0 Å². The van der Waals surface area contributed by atoms with Crippen LogP contribution in [0.15, 0.2) is 0 Å². The van der Waals surface area contributed by atoms with Crippen molar-refractivity contribution in [2.24, 2.45) is 22.2 Å². The van der Waals surface area contributed by atoms with Crippen molar-refractivity contribution in [1.82, 2.24) is 5.32 Å². The van der Waals surface area contributed by atoms with Crippen LogP contribution in [0.1, 0.15) is 60.3 Å². The van der Waals surface area contributed by atoms with E-state index in [1.54, 1.807) is 0 Å². The lowest BCUT2D eigenvalue weighted by Gasteiger charge is -2.56. The minimum atomic E-state index is 0.535. The monoisotopic (exact) mass is 223 g/mol. The third kappa shape index (κ3) is 2.30. The fourth-order valence-electron chi connectivity index (χ4n) is 5.03. The molecule has 0 radical (unpaired) electrons. The normalized spacial score (nSPS) is 36.2. The Kier molecular flexibility index (Phi) is 2.89. The SMILES string of the molecule is CC1CNCCC12CC(C)(C)CC(C)(C)C2. The molecule has 2 rings (SSSR count). The van der Waals surface area contributed by atoms with E-state index < -0.39 is 0 Å². The Labute approximate surface area is 101 Å². The zero-order valence-corrected chi connectivity index (χ0v) is 11.8. The summed E-state index contributed by atoms with van der Waals surface area (Å²) in [6.07, 6.45) is 5.65. The molecule has 0 bridgehead atoms. The van der Waals surface area contributed by atoms with Gasteiger partial charge in [0.15, 0.2) is 0 Å². The summed E-state index contributed by atoms with van der Waals surface area (Å²) in [5.41, 5.74) is 1.69. The molecule has 94 valence electrons. The second-order valence-electron chi connectivity index (χ2n) is 8.08. The third-order valence-electron chi connectivity index (χ3n) is 4.91. The number of hydrogen-bond donors (Lipinski definition) is 1. The molecule has 1 spiro atoms. The zero-order valence-electron chi connectivity index (χ0n) is 11.8. The van der Waals surface area contributed by atoms with Crippen molar-refractivity contribution in [3.8, 4) is 0 Å². The lowest BCUT2D eigenvalue weighted by atomic mass is 9.50. The molecule has 1 N–H and O–H groups in total. The van der Waals surface area contributed by atoms with Gasteiger partial charge < -0.3 is 5.32 Å². The Hall–Kier alpha value is -0.0400. The van der Waals surface area contributed by atoms with Crippen molar-refractivity contribution in [2.45, 2.75) is 60.3 Å². The average molecular weight is 223 g/mol. The minimum Gasteiger partial charge on any atom is -0.316 e. The van der Waals surface area contributed by atoms with Crippen LogP contribution in [0.2, 0.25) is 0 Å². The van der Waals surface area contributed by atoms with Gasteiger partial charge in [-0.2, -0.15) is 0 Å². The number of hydrogen-bond acceptors (Lipinski definition) is 1. The van der Waals surface area contributed by atoms with Crippen molar-refractivity contribution in [3.63, 3.8) is 0 Å². The molecule has 16 heavy (non-hydrogen) atoms. The molecule has 1 aliphatic carbocycles. The molecule has 2 fully saturated rings. The summed E-state index contributed by atoms with van der Waals surface area (Å²) in [6.45, 7) is 14.8. The summed E-state index contributed by atoms with van der Waals surface area (Å²) >= 11 is 0. The predicted octanol–water partition coefficient (Wildman–Crippen LogP) is 3.84. The molecule has 1 nitrogen and oxygen atoms in total. The summed E-state index contributed by atoms with van der Waals surface area (Å²) in [7, 11) is 0. The van der Waals surface area contributed by atoms with Crippen LogP contribution >= 0.6 is 0 Å². The average Bonchev–Trinajstić information content (AvgIpc) is 2.04. The maximum absolute atomic E-state index is 3.56. The Morgan fingerprint density at radius 1 is 0.938 bits per heavy atom. The smallest absolute Gasteiger partial charge is 0.00178 e. The van der Waals surface area contributed by atoms with Gasteiger partial charge in [-0.3, -0.25) is 0 Å². The molecule has 1 atom stereocenters. The van der Waals surface area contributed by atoms with E-state index in [4.69, 9.17) is 0 Å². The van der Waals surface area contributed by atoms with Gasteiger partial charge in [-0.25, -0.2) is 0 Å². The van der Waals surface area contributed by atoms with Gasteiger partial charge in [-0.15, -0.1) is 0 Å². The molecule has 0 aromatic carbocycles. The van der Waals surface area contributed by atoms with Crippen molar-refractivity contribution >= 4 is 0 Å². The minimum absolute atomic E-state index is 0.535. The first kappa shape index (κ1) is 12.4. The fraction of sp³-hybridized carbons (Fsp3) is 1.00. The van der Waals surface area contributed by atoms with Crippen LogP contribution in [-0.2, 0) is 0 Å². The Bertz CT molecular complexity index is 249. The second kappa shape index (κ2) is 3.73. The molecular weight excluding hydrogens is 194 g/mol. The first-order chi connectivity index (χ1) is 7.25. The molecule has 1 heterocycles. The van der Waals surface area contributed by atoms with Crippen LogP contribution in [0.25, 0.3) is 0 Å². The largest absolute Gasteiger partial charge is 0.316 e. The highest BCUT2D eigenvalue weighted by Crippen LogP contribution is 2.58. The van der Waals surface area contributed by atoms with Gasteiger partial charge in [-0.1, -0.05) is 34.6 Å². The van der Waals surface area contributed by atoms with E-state index in [1.807, 2.05) is 0 Å². The van der Waals surface area contributed by atoms with Crippen molar-refractivity contribution in [3.05, 3.63) is 0 Å². The van der Waals surface area contributed by atoms with Crippen molar-refractivity contribution in [2.75, 3.05) is 13.1 Å². The molecule has 0 amide bonds. The van der Waals surface area contributed by atoms with Crippen LogP contribution in [0.5, 0.6) is 0 Å². The quantitative estimate of drug-likeness (QED) is 0.658. The summed E-state index contributed by atoms with van der Waals surface area (Å²) in [6, 6.07) is 0. The number of piperidine rings is 1. The summed E-state index contributed by atoms with van der Waals surface area (Å²) in [5, 5.41) is 3.56. The Morgan fingerprint density at radius 3 is 2.00 bits per heavy atom. The third-order valence-corrected chi connectivity index (χ3v) is 4.91. The van der Waals surface area contributed by atoms with E-state index in [2.05, 4.69) is 39.9 Å². The van der Waals surface area contributed by atoms with Gasteiger partial charge in [0, 0.05) is 0 Å². The van der Waals surface area contributed by atoms with E-state index in [1.165, 1.54) is 38.8 Å². The van der Waals surface area contributed by atoms with Crippen molar-refractivity contribution in [1.29, 1.82) is 0 Å². The van der Waals surface area contributed by atoms with E-state index in [0.717, 1.165) is 5.92 Å². The lowest BCUT2D eigenvalue weighted by Crippen LogP contribution is -2.51. The van der Waals surface area contributed by atoms with Gasteiger partial charge >= 0.3 is 0 Å². The van der Waals surface area contributed by atoms with Gasteiger partial charge in [0.25, 0.3) is 0 Å². The Balaban J connectivity index is 2.26. The molecular formula is C15H29N. The highest BCUT2D eigenvalue weighted by Gasteiger charge is 2.50. The Morgan fingerprint density at radius 2 is 1.50 bits per heavy atom. The summed E-state index contributed by atoms with van der Waals surface area (Å²) < 4.78 is 0. The van der Waals surface area contributed by atoms with Gasteiger partial charge in [0.1, 0.15) is 0 Å². The maximum atomic E-state index is 3.56. The summed E-state index contributed by atoms with van der Waals surface area (Å²) in [4.78, 5) is 0. The van der Waals surface area contributed by atoms with Gasteiger partial charge in [0.2, 0.25) is 0 Å². The number of rotatable bonds is 0. The van der Waals surface area contributed by atoms with Crippen LogP contribution < -0.4 is 5.32 Å². The molecule has 2 aliphatic rings. The number of nitrogens with one attached hydrogen (secondary N) is 1. The molecule has 0 aromatic heterocycles. The highest BCUT2D eigenvalue weighted by atomic mass is 14.9.